The summed E-state index contributed by atoms with van der Waals surface area (Å²) in [5, 5.41) is 0. The van der Waals surface area contributed by atoms with Gasteiger partial charge in [-0.3, -0.25) is 4.55 Å². The van der Waals surface area contributed by atoms with Crippen LogP contribution in [0.15, 0.2) is 82.1 Å². The lowest BCUT2D eigenvalue weighted by molar-refractivity contribution is 0.293. The molecular formula is C24H23NO4S2. The lowest BCUT2D eigenvalue weighted by Gasteiger charge is -2.19. The van der Waals surface area contributed by atoms with Crippen molar-refractivity contribution in [3.05, 3.63) is 89.5 Å². The van der Waals surface area contributed by atoms with Crippen LogP contribution < -0.4 is 0 Å². The highest BCUT2D eigenvalue weighted by atomic mass is 32.2. The maximum absolute atomic E-state index is 11.2. The second-order valence-electron chi connectivity index (χ2n) is 8.40. The second kappa shape index (κ2) is 8.15. The third-order valence-electron chi connectivity index (χ3n) is 5.12. The standard InChI is InChI=1S/C24H23NO4S2/c1-24(2,3)20-12-8-18(9-13-20)22-25-30-23(29-22)19-6-4-16(5-7-19)17-10-14-21(15-11-17)31(26,27)28/h4-15,23H,1-3H3,(H,26,27,28). The van der Waals surface area contributed by atoms with E-state index in [0.717, 1.165) is 22.3 Å². The highest BCUT2D eigenvalue weighted by molar-refractivity contribution is 7.98. The summed E-state index contributed by atoms with van der Waals surface area (Å²) in [5.74, 6) is 0.625. The summed E-state index contributed by atoms with van der Waals surface area (Å²) in [7, 11) is -4.19. The van der Waals surface area contributed by atoms with Crippen molar-refractivity contribution in [3.8, 4) is 11.1 Å². The van der Waals surface area contributed by atoms with E-state index in [1.54, 1.807) is 12.1 Å². The Bertz CT molecular complexity index is 1210. The van der Waals surface area contributed by atoms with Crippen LogP contribution in [0.5, 0.6) is 0 Å². The van der Waals surface area contributed by atoms with Crippen molar-refractivity contribution < 1.29 is 17.7 Å². The Morgan fingerprint density at radius 2 is 1.35 bits per heavy atom. The molecule has 0 fully saturated rings. The minimum atomic E-state index is -4.19. The van der Waals surface area contributed by atoms with Crippen LogP contribution in [0.2, 0.25) is 0 Å². The molecule has 0 saturated carbocycles. The summed E-state index contributed by atoms with van der Waals surface area (Å²) in [4.78, 5) is -0.121. The number of hydrogen-bond donors (Lipinski definition) is 1. The highest BCUT2D eigenvalue weighted by Gasteiger charge is 2.24. The Labute approximate surface area is 187 Å². The SMILES string of the molecule is CC(C)(C)c1ccc(C2=NSC(c3ccc(-c4ccc(S(=O)(=O)O)cc4)cc3)O2)cc1. The van der Waals surface area contributed by atoms with Gasteiger partial charge in [0, 0.05) is 23.1 Å². The maximum Gasteiger partial charge on any atom is 0.294 e. The van der Waals surface area contributed by atoms with Gasteiger partial charge in [-0.2, -0.15) is 12.8 Å². The quantitative estimate of drug-likeness (QED) is 0.386. The summed E-state index contributed by atoms with van der Waals surface area (Å²) in [5.41, 5.74) is 4.89. The Hall–Kier alpha value is -2.61. The number of hydrogen-bond acceptors (Lipinski definition) is 5. The summed E-state index contributed by atoms with van der Waals surface area (Å²) in [6, 6.07) is 22.3. The zero-order valence-corrected chi connectivity index (χ0v) is 19.1. The van der Waals surface area contributed by atoms with Crippen LogP contribution in [-0.2, 0) is 20.3 Å². The molecule has 0 bridgehead atoms. The van der Waals surface area contributed by atoms with Crippen molar-refractivity contribution in [2.45, 2.75) is 36.5 Å². The van der Waals surface area contributed by atoms with Crippen LogP contribution in [0.3, 0.4) is 0 Å². The summed E-state index contributed by atoms with van der Waals surface area (Å²) in [6.07, 6.45) is 0. The van der Waals surface area contributed by atoms with Gasteiger partial charge in [-0.05, 0) is 46.4 Å². The topological polar surface area (TPSA) is 76.0 Å². The van der Waals surface area contributed by atoms with E-state index in [9.17, 15) is 8.42 Å². The van der Waals surface area contributed by atoms with Crippen LogP contribution in [-0.4, -0.2) is 18.9 Å². The summed E-state index contributed by atoms with van der Waals surface area (Å²) in [6.45, 7) is 6.55. The fourth-order valence-electron chi connectivity index (χ4n) is 3.25. The predicted molar refractivity (Wildman–Crippen MR) is 125 cm³/mol. The van der Waals surface area contributed by atoms with Gasteiger partial charge in [0.15, 0.2) is 5.44 Å². The third-order valence-corrected chi connectivity index (χ3v) is 6.82. The Kier molecular flexibility index (Phi) is 5.68. The van der Waals surface area contributed by atoms with Crippen LogP contribution in [0.4, 0.5) is 0 Å². The van der Waals surface area contributed by atoms with Gasteiger partial charge in [-0.25, -0.2) is 0 Å². The second-order valence-corrected chi connectivity index (χ2v) is 10.6. The van der Waals surface area contributed by atoms with Crippen molar-refractivity contribution >= 4 is 28.0 Å². The van der Waals surface area contributed by atoms with E-state index in [-0.39, 0.29) is 15.7 Å². The van der Waals surface area contributed by atoms with Crippen molar-refractivity contribution in [3.63, 3.8) is 0 Å². The van der Waals surface area contributed by atoms with E-state index < -0.39 is 10.1 Å². The minimum absolute atomic E-state index is 0.0998. The molecule has 5 nitrogen and oxygen atoms in total. The number of rotatable bonds is 4. The first-order chi connectivity index (χ1) is 14.6. The Morgan fingerprint density at radius 1 is 0.839 bits per heavy atom. The van der Waals surface area contributed by atoms with Gasteiger partial charge < -0.3 is 4.74 Å². The van der Waals surface area contributed by atoms with E-state index in [1.807, 2.05) is 36.4 Å². The third kappa shape index (κ3) is 4.84. The summed E-state index contributed by atoms with van der Waals surface area (Å²) < 4.78 is 42.1. The fourth-order valence-corrected chi connectivity index (χ4v) is 4.49. The van der Waals surface area contributed by atoms with E-state index in [0.29, 0.717) is 5.90 Å². The molecule has 160 valence electrons. The molecule has 0 aromatic heterocycles. The zero-order valence-electron chi connectivity index (χ0n) is 17.4. The molecule has 4 rings (SSSR count). The molecule has 1 N–H and O–H groups in total. The molecule has 3 aromatic rings. The fraction of sp³-hybridized carbons (Fsp3) is 0.208. The van der Waals surface area contributed by atoms with Crippen molar-refractivity contribution in [1.82, 2.24) is 0 Å². The molecular weight excluding hydrogens is 430 g/mol. The lowest BCUT2D eigenvalue weighted by Crippen LogP contribution is -2.11. The zero-order chi connectivity index (χ0) is 22.2. The molecule has 31 heavy (non-hydrogen) atoms. The van der Waals surface area contributed by atoms with E-state index in [1.165, 1.54) is 29.6 Å². The summed E-state index contributed by atoms with van der Waals surface area (Å²) >= 11 is 1.39. The molecule has 0 saturated heterocycles. The number of ether oxygens (including phenoxy) is 1. The lowest BCUT2D eigenvalue weighted by atomic mass is 9.87. The van der Waals surface area contributed by atoms with Gasteiger partial charge in [0.1, 0.15) is 0 Å². The first-order valence-corrected chi connectivity index (χ1v) is 12.1. The monoisotopic (exact) mass is 453 g/mol. The van der Waals surface area contributed by atoms with Gasteiger partial charge >= 0.3 is 0 Å². The van der Waals surface area contributed by atoms with E-state index >= 15 is 0 Å². The van der Waals surface area contributed by atoms with Gasteiger partial charge in [0.05, 0.1) is 4.90 Å². The van der Waals surface area contributed by atoms with Crippen molar-refractivity contribution in [2.75, 3.05) is 0 Å². The van der Waals surface area contributed by atoms with Crippen LogP contribution >= 0.6 is 11.9 Å². The van der Waals surface area contributed by atoms with E-state index in [4.69, 9.17) is 9.29 Å². The molecule has 1 aliphatic rings. The minimum Gasteiger partial charge on any atom is -0.456 e. The molecule has 7 heteroatoms. The average molecular weight is 454 g/mol. The molecule has 1 aliphatic heterocycles. The smallest absolute Gasteiger partial charge is 0.294 e. The molecule has 0 spiro atoms. The average Bonchev–Trinajstić information content (AvgIpc) is 3.23. The molecule has 1 unspecified atom stereocenters. The first-order valence-electron chi connectivity index (χ1n) is 9.80. The number of benzene rings is 3. The predicted octanol–water partition coefficient (Wildman–Crippen LogP) is 6.02. The Morgan fingerprint density at radius 3 is 1.87 bits per heavy atom. The van der Waals surface area contributed by atoms with Gasteiger partial charge in [0.2, 0.25) is 5.90 Å². The maximum atomic E-state index is 11.2. The molecule has 0 amide bonds. The molecule has 1 atom stereocenters. The van der Waals surface area contributed by atoms with Crippen molar-refractivity contribution in [2.24, 2.45) is 4.40 Å². The van der Waals surface area contributed by atoms with E-state index in [2.05, 4.69) is 37.3 Å². The largest absolute Gasteiger partial charge is 0.456 e. The normalized spacial score (nSPS) is 16.6. The highest BCUT2D eigenvalue weighted by Crippen LogP contribution is 2.38. The molecule has 0 radical (unpaired) electrons. The van der Waals surface area contributed by atoms with Gasteiger partial charge in [-0.15, -0.1) is 0 Å². The van der Waals surface area contributed by atoms with Crippen molar-refractivity contribution in [1.29, 1.82) is 0 Å². The molecule has 0 aliphatic carbocycles. The first kappa shape index (κ1) is 21.6. The Balaban J connectivity index is 1.45. The number of nitrogens with zero attached hydrogens (tertiary/aromatic N) is 1. The van der Waals surface area contributed by atoms with Crippen LogP contribution in [0.25, 0.3) is 11.1 Å². The van der Waals surface area contributed by atoms with Crippen LogP contribution in [0.1, 0.15) is 42.9 Å². The van der Waals surface area contributed by atoms with Crippen LogP contribution in [0, 0.1) is 0 Å². The molecule has 1 heterocycles. The van der Waals surface area contributed by atoms with Gasteiger partial charge in [0.25, 0.3) is 10.1 Å². The molecule has 3 aromatic carbocycles. The van der Waals surface area contributed by atoms with Gasteiger partial charge in [-0.1, -0.05) is 69.3 Å².